The highest BCUT2D eigenvalue weighted by atomic mass is 19.1. The number of carbonyl (C=O) groups excluding carboxylic acids is 2. The van der Waals surface area contributed by atoms with E-state index in [1.165, 1.54) is 18.2 Å². The van der Waals surface area contributed by atoms with E-state index < -0.39 is 11.2 Å². The zero-order valence-electron chi connectivity index (χ0n) is 14.4. The van der Waals surface area contributed by atoms with Gasteiger partial charge in [-0.05, 0) is 55.5 Å². The SMILES string of the molecule is CCc1cccc(C)c1NC(=O)C1(C(=O)Nc2cccc(F)c2)CC1. The Hall–Kier alpha value is -2.69. The lowest BCUT2D eigenvalue weighted by Crippen LogP contribution is -2.36. The molecule has 0 radical (unpaired) electrons. The van der Waals surface area contributed by atoms with Gasteiger partial charge in [-0.3, -0.25) is 9.59 Å². The minimum absolute atomic E-state index is 0.301. The van der Waals surface area contributed by atoms with Crippen LogP contribution in [0, 0.1) is 18.2 Å². The third-order valence-corrected chi connectivity index (χ3v) is 4.68. The number of carbonyl (C=O) groups is 2. The van der Waals surface area contributed by atoms with Crippen LogP contribution in [-0.2, 0) is 16.0 Å². The van der Waals surface area contributed by atoms with E-state index in [9.17, 15) is 14.0 Å². The second kappa shape index (κ2) is 6.67. The van der Waals surface area contributed by atoms with Crippen molar-refractivity contribution in [2.45, 2.75) is 33.1 Å². The van der Waals surface area contributed by atoms with Crippen LogP contribution in [0.2, 0.25) is 0 Å². The molecule has 130 valence electrons. The number of rotatable bonds is 5. The molecule has 0 aromatic heterocycles. The Morgan fingerprint density at radius 1 is 1.08 bits per heavy atom. The molecule has 1 aliphatic rings. The zero-order valence-corrected chi connectivity index (χ0v) is 14.4. The Morgan fingerprint density at radius 2 is 1.76 bits per heavy atom. The zero-order chi connectivity index (χ0) is 18.0. The van der Waals surface area contributed by atoms with Crippen molar-refractivity contribution in [2.24, 2.45) is 5.41 Å². The predicted molar refractivity (Wildman–Crippen MR) is 95.9 cm³/mol. The third-order valence-electron chi connectivity index (χ3n) is 4.68. The third kappa shape index (κ3) is 3.40. The second-order valence-electron chi connectivity index (χ2n) is 6.46. The summed E-state index contributed by atoms with van der Waals surface area (Å²) in [5.74, 6) is -1.12. The Labute approximate surface area is 146 Å². The molecule has 25 heavy (non-hydrogen) atoms. The molecule has 0 spiro atoms. The first kappa shape index (κ1) is 17.1. The molecule has 0 atom stereocenters. The van der Waals surface area contributed by atoms with Gasteiger partial charge in [0.05, 0.1) is 0 Å². The van der Waals surface area contributed by atoms with E-state index in [4.69, 9.17) is 0 Å². The summed E-state index contributed by atoms with van der Waals surface area (Å²) in [5, 5.41) is 5.59. The molecule has 0 aliphatic heterocycles. The molecule has 0 heterocycles. The van der Waals surface area contributed by atoms with E-state index in [0.717, 1.165) is 23.2 Å². The van der Waals surface area contributed by atoms with Crippen LogP contribution in [0.1, 0.15) is 30.9 Å². The fourth-order valence-electron chi connectivity index (χ4n) is 2.93. The van der Waals surface area contributed by atoms with Crippen LogP contribution < -0.4 is 10.6 Å². The number of hydrogen-bond acceptors (Lipinski definition) is 2. The molecule has 2 N–H and O–H groups in total. The van der Waals surface area contributed by atoms with Gasteiger partial charge in [0.2, 0.25) is 11.8 Å². The van der Waals surface area contributed by atoms with Crippen LogP contribution in [0.3, 0.4) is 0 Å². The fourth-order valence-corrected chi connectivity index (χ4v) is 2.93. The number of para-hydroxylation sites is 1. The minimum Gasteiger partial charge on any atom is -0.325 e. The van der Waals surface area contributed by atoms with Gasteiger partial charge in [0.15, 0.2) is 0 Å². The molecule has 0 unspecified atom stereocenters. The van der Waals surface area contributed by atoms with Gasteiger partial charge in [-0.2, -0.15) is 0 Å². The molecular formula is C20H21FN2O2. The summed E-state index contributed by atoms with van der Waals surface area (Å²) < 4.78 is 13.3. The van der Waals surface area contributed by atoms with Crippen LogP contribution in [0.15, 0.2) is 42.5 Å². The first-order valence-corrected chi connectivity index (χ1v) is 8.43. The summed E-state index contributed by atoms with van der Waals surface area (Å²) >= 11 is 0. The van der Waals surface area contributed by atoms with Crippen LogP contribution in [0.25, 0.3) is 0 Å². The van der Waals surface area contributed by atoms with E-state index in [-0.39, 0.29) is 11.8 Å². The summed E-state index contributed by atoms with van der Waals surface area (Å²) in [5.41, 5.74) is 2.07. The maximum Gasteiger partial charge on any atom is 0.240 e. The van der Waals surface area contributed by atoms with Gasteiger partial charge in [0.25, 0.3) is 0 Å². The quantitative estimate of drug-likeness (QED) is 0.807. The standard InChI is InChI=1S/C20H21FN2O2/c1-3-14-7-4-6-13(2)17(14)23-19(25)20(10-11-20)18(24)22-16-9-5-8-15(21)12-16/h4-9,12H,3,10-11H2,1-2H3,(H,22,24)(H,23,25). The van der Waals surface area contributed by atoms with Crippen molar-refractivity contribution in [2.75, 3.05) is 10.6 Å². The number of anilines is 2. The Kier molecular flexibility index (Phi) is 4.57. The van der Waals surface area contributed by atoms with Crippen molar-refractivity contribution >= 4 is 23.2 Å². The van der Waals surface area contributed by atoms with Crippen molar-refractivity contribution in [3.63, 3.8) is 0 Å². The van der Waals surface area contributed by atoms with Gasteiger partial charge < -0.3 is 10.6 Å². The highest BCUT2D eigenvalue weighted by Crippen LogP contribution is 2.47. The van der Waals surface area contributed by atoms with Gasteiger partial charge in [-0.15, -0.1) is 0 Å². The normalized spacial score (nSPS) is 14.7. The molecule has 4 nitrogen and oxygen atoms in total. The van der Waals surface area contributed by atoms with Crippen molar-refractivity contribution < 1.29 is 14.0 Å². The second-order valence-corrected chi connectivity index (χ2v) is 6.46. The van der Waals surface area contributed by atoms with Crippen molar-refractivity contribution in [3.05, 3.63) is 59.4 Å². The van der Waals surface area contributed by atoms with E-state index in [1.54, 1.807) is 6.07 Å². The number of nitrogens with one attached hydrogen (secondary N) is 2. The Morgan fingerprint density at radius 3 is 2.40 bits per heavy atom. The number of hydrogen-bond donors (Lipinski definition) is 2. The number of halogens is 1. The number of aryl methyl sites for hydroxylation is 2. The lowest BCUT2D eigenvalue weighted by Gasteiger charge is -2.18. The summed E-state index contributed by atoms with van der Waals surface area (Å²) in [7, 11) is 0. The smallest absolute Gasteiger partial charge is 0.240 e. The van der Waals surface area contributed by atoms with Crippen LogP contribution in [0.5, 0.6) is 0 Å². The minimum atomic E-state index is -1.07. The topological polar surface area (TPSA) is 58.2 Å². The highest BCUT2D eigenvalue weighted by Gasteiger charge is 2.56. The van der Waals surface area contributed by atoms with Crippen LogP contribution >= 0.6 is 0 Å². The predicted octanol–water partition coefficient (Wildman–Crippen LogP) is 4.05. The van der Waals surface area contributed by atoms with Crippen molar-refractivity contribution in [3.8, 4) is 0 Å². The van der Waals surface area contributed by atoms with Crippen LogP contribution in [0.4, 0.5) is 15.8 Å². The molecular weight excluding hydrogens is 319 g/mol. The maximum atomic E-state index is 13.3. The lowest BCUT2D eigenvalue weighted by atomic mass is 10.0. The first-order chi connectivity index (χ1) is 12.0. The number of amides is 2. The summed E-state index contributed by atoms with van der Waals surface area (Å²) in [6, 6.07) is 11.5. The van der Waals surface area contributed by atoms with Crippen LogP contribution in [-0.4, -0.2) is 11.8 Å². The molecule has 1 aliphatic carbocycles. The van der Waals surface area contributed by atoms with E-state index in [0.29, 0.717) is 18.5 Å². The Balaban J connectivity index is 1.77. The monoisotopic (exact) mass is 340 g/mol. The van der Waals surface area contributed by atoms with Gasteiger partial charge in [0, 0.05) is 11.4 Å². The molecule has 1 saturated carbocycles. The van der Waals surface area contributed by atoms with Crippen molar-refractivity contribution in [1.29, 1.82) is 0 Å². The average molecular weight is 340 g/mol. The lowest BCUT2D eigenvalue weighted by molar-refractivity contribution is -0.131. The fraction of sp³-hybridized carbons (Fsp3) is 0.300. The molecule has 1 fully saturated rings. The number of benzene rings is 2. The molecule has 3 rings (SSSR count). The Bertz CT molecular complexity index is 828. The molecule has 2 aromatic rings. The van der Waals surface area contributed by atoms with Gasteiger partial charge in [-0.25, -0.2) is 4.39 Å². The van der Waals surface area contributed by atoms with Crippen molar-refractivity contribution in [1.82, 2.24) is 0 Å². The average Bonchev–Trinajstić information content (AvgIpc) is 3.38. The van der Waals surface area contributed by atoms with Gasteiger partial charge in [-0.1, -0.05) is 31.2 Å². The molecule has 0 bridgehead atoms. The highest BCUT2D eigenvalue weighted by molar-refractivity contribution is 6.17. The first-order valence-electron chi connectivity index (χ1n) is 8.43. The largest absolute Gasteiger partial charge is 0.325 e. The van der Waals surface area contributed by atoms with E-state index >= 15 is 0 Å². The molecule has 0 saturated heterocycles. The van der Waals surface area contributed by atoms with Gasteiger partial charge >= 0.3 is 0 Å². The van der Waals surface area contributed by atoms with Gasteiger partial charge in [0.1, 0.15) is 11.2 Å². The van der Waals surface area contributed by atoms with E-state index in [1.807, 2.05) is 32.0 Å². The van der Waals surface area contributed by atoms with E-state index in [2.05, 4.69) is 10.6 Å². The summed E-state index contributed by atoms with van der Waals surface area (Å²) in [4.78, 5) is 25.4. The maximum absolute atomic E-state index is 13.3. The molecule has 5 heteroatoms. The molecule has 2 aromatic carbocycles. The molecule has 2 amide bonds. The summed E-state index contributed by atoms with van der Waals surface area (Å²) in [6.45, 7) is 3.95. The summed E-state index contributed by atoms with van der Waals surface area (Å²) in [6.07, 6.45) is 1.78.